The summed E-state index contributed by atoms with van der Waals surface area (Å²) in [5, 5.41) is 2.52. The van der Waals surface area contributed by atoms with Gasteiger partial charge in [0.2, 0.25) is 5.50 Å². The third-order valence-electron chi connectivity index (χ3n) is 2.04. The molecule has 0 heterocycles. The van der Waals surface area contributed by atoms with Crippen LogP contribution in [0.1, 0.15) is 32.6 Å². The van der Waals surface area contributed by atoms with Gasteiger partial charge in [-0.3, -0.25) is 0 Å². The van der Waals surface area contributed by atoms with E-state index in [2.05, 4.69) is 5.32 Å². The van der Waals surface area contributed by atoms with Crippen LogP contribution in [0.4, 0.5) is 4.39 Å². The van der Waals surface area contributed by atoms with E-state index in [9.17, 15) is 12.8 Å². The maximum Gasteiger partial charge on any atom is 0.213 e. The fourth-order valence-corrected chi connectivity index (χ4v) is 2.43. The molecule has 0 spiro atoms. The Hall–Kier alpha value is -0.160. The quantitative estimate of drug-likeness (QED) is 0.637. The van der Waals surface area contributed by atoms with Crippen molar-refractivity contribution in [2.24, 2.45) is 0 Å². The Bertz CT molecular complexity index is 229. The summed E-state index contributed by atoms with van der Waals surface area (Å²) in [6.07, 6.45) is 3.50. The highest BCUT2D eigenvalue weighted by molar-refractivity contribution is 7.91. The minimum Gasteiger partial charge on any atom is -0.316 e. The number of unbranched alkanes of at least 4 members (excludes halogenated alkanes) is 3. The minimum absolute atomic E-state index is 0.0319. The Balaban J connectivity index is 3.83. The normalized spacial score (nSPS) is 14.2. The number of hydrogen-bond acceptors (Lipinski definition) is 3. The van der Waals surface area contributed by atoms with E-state index in [0.717, 1.165) is 19.3 Å². The molecule has 1 N–H and O–H groups in total. The number of halogens is 1. The van der Waals surface area contributed by atoms with Crippen LogP contribution < -0.4 is 5.32 Å². The van der Waals surface area contributed by atoms with Crippen LogP contribution in [0.25, 0.3) is 0 Å². The van der Waals surface area contributed by atoms with Gasteiger partial charge in [0.15, 0.2) is 9.84 Å². The monoisotopic (exact) mass is 225 g/mol. The van der Waals surface area contributed by atoms with E-state index in [0.29, 0.717) is 6.42 Å². The van der Waals surface area contributed by atoms with E-state index >= 15 is 0 Å². The Kier molecular flexibility index (Phi) is 7.09. The van der Waals surface area contributed by atoms with Crippen LogP contribution in [-0.2, 0) is 9.84 Å². The largest absolute Gasteiger partial charge is 0.316 e. The number of nitrogens with one attached hydrogen (secondary N) is 1. The highest BCUT2D eigenvalue weighted by Crippen LogP contribution is 2.08. The lowest BCUT2D eigenvalue weighted by Gasteiger charge is -2.08. The van der Waals surface area contributed by atoms with E-state index in [1.54, 1.807) is 7.05 Å². The van der Waals surface area contributed by atoms with Crippen LogP contribution in [0.2, 0.25) is 0 Å². The molecule has 0 saturated carbocycles. The Morgan fingerprint density at radius 2 is 1.93 bits per heavy atom. The van der Waals surface area contributed by atoms with Gasteiger partial charge >= 0.3 is 0 Å². The second-order valence-electron chi connectivity index (χ2n) is 3.40. The molecule has 0 aromatic rings. The van der Waals surface area contributed by atoms with Gasteiger partial charge in [0.1, 0.15) is 0 Å². The first-order valence-corrected chi connectivity index (χ1v) is 6.76. The van der Waals surface area contributed by atoms with Gasteiger partial charge in [-0.2, -0.15) is 0 Å². The summed E-state index contributed by atoms with van der Waals surface area (Å²) in [6, 6.07) is 0. The van der Waals surface area contributed by atoms with Crippen LogP contribution in [0.15, 0.2) is 0 Å². The van der Waals surface area contributed by atoms with Gasteiger partial charge in [-0.15, -0.1) is 0 Å². The topological polar surface area (TPSA) is 46.2 Å². The third kappa shape index (κ3) is 5.54. The van der Waals surface area contributed by atoms with Crippen molar-refractivity contribution in [2.45, 2.75) is 38.1 Å². The SMILES string of the molecule is CCCCCCS(=O)(=O)C(F)CNC. The molecule has 0 aliphatic carbocycles. The summed E-state index contributed by atoms with van der Waals surface area (Å²) >= 11 is 0. The molecule has 0 amide bonds. The van der Waals surface area contributed by atoms with Crippen molar-refractivity contribution in [2.75, 3.05) is 19.3 Å². The molecule has 0 rings (SSSR count). The first-order chi connectivity index (χ1) is 6.54. The Morgan fingerprint density at radius 3 is 2.43 bits per heavy atom. The zero-order chi connectivity index (χ0) is 11.0. The number of sulfone groups is 1. The molecule has 86 valence electrons. The fourth-order valence-electron chi connectivity index (χ4n) is 1.15. The molecule has 3 nitrogen and oxygen atoms in total. The summed E-state index contributed by atoms with van der Waals surface area (Å²) in [4.78, 5) is 0. The van der Waals surface area contributed by atoms with Crippen LogP contribution in [0.5, 0.6) is 0 Å². The van der Waals surface area contributed by atoms with Gasteiger partial charge in [0, 0.05) is 6.54 Å². The lowest BCUT2D eigenvalue weighted by Crippen LogP contribution is -2.29. The molecule has 1 unspecified atom stereocenters. The molecular weight excluding hydrogens is 205 g/mol. The molecule has 0 aliphatic heterocycles. The maximum atomic E-state index is 13.0. The highest BCUT2D eigenvalue weighted by Gasteiger charge is 2.23. The van der Waals surface area contributed by atoms with Crippen LogP contribution >= 0.6 is 0 Å². The maximum absolute atomic E-state index is 13.0. The van der Waals surface area contributed by atoms with Crippen LogP contribution in [-0.4, -0.2) is 33.3 Å². The summed E-state index contributed by atoms with van der Waals surface area (Å²) < 4.78 is 35.6. The predicted molar refractivity (Wildman–Crippen MR) is 56.8 cm³/mol. The van der Waals surface area contributed by atoms with Gasteiger partial charge in [0.25, 0.3) is 0 Å². The molecule has 0 radical (unpaired) electrons. The Morgan fingerprint density at radius 1 is 1.29 bits per heavy atom. The molecule has 5 heteroatoms. The molecule has 0 aromatic heterocycles. The van der Waals surface area contributed by atoms with Crippen molar-refractivity contribution < 1.29 is 12.8 Å². The Labute approximate surface area is 86.0 Å². The van der Waals surface area contributed by atoms with Crippen molar-refractivity contribution in [1.29, 1.82) is 0 Å². The van der Waals surface area contributed by atoms with Crippen molar-refractivity contribution >= 4 is 9.84 Å². The van der Waals surface area contributed by atoms with E-state index in [-0.39, 0.29) is 12.3 Å². The zero-order valence-electron chi connectivity index (χ0n) is 8.92. The van der Waals surface area contributed by atoms with Crippen molar-refractivity contribution in [3.05, 3.63) is 0 Å². The van der Waals surface area contributed by atoms with E-state index in [1.807, 2.05) is 6.92 Å². The first-order valence-electron chi connectivity index (χ1n) is 5.04. The highest BCUT2D eigenvalue weighted by atomic mass is 32.2. The van der Waals surface area contributed by atoms with Gasteiger partial charge < -0.3 is 5.32 Å². The van der Waals surface area contributed by atoms with E-state index in [4.69, 9.17) is 0 Å². The minimum atomic E-state index is -3.53. The lowest BCUT2D eigenvalue weighted by atomic mass is 10.2. The summed E-state index contributed by atoms with van der Waals surface area (Å²) in [5.41, 5.74) is -1.76. The molecule has 0 aromatic carbocycles. The van der Waals surface area contributed by atoms with E-state index < -0.39 is 15.3 Å². The predicted octanol–water partition coefficient (Wildman–Crippen LogP) is 1.50. The fraction of sp³-hybridized carbons (Fsp3) is 1.00. The number of hydrogen-bond donors (Lipinski definition) is 1. The van der Waals surface area contributed by atoms with Crippen molar-refractivity contribution in [1.82, 2.24) is 5.32 Å². The molecule has 14 heavy (non-hydrogen) atoms. The molecule has 0 bridgehead atoms. The summed E-state index contributed by atoms with van der Waals surface area (Å²) in [5.74, 6) is -0.0319. The standard InChI is InChI=1S/C9H20FNO2S/c1-3-4-5-6-7-14(12,13)9(10)8-11-2/h9,11H,3-8H2,1-2H3. The average molecular weight is 225 g/mol. The summed E-state index contributed by atoms with van der Waals surface area (Å²) in [7, 11) is -1.99. The molecule has 0 fully saturated rings. The van der Waals surface area contributed by atoms with Gasteiger partial charge in [-0.1, -0.05) is 26.2 Å². The lowest BCUT2D eigenvalue weighted by molar-refractivity contribution is 0.407. The number of rotatable bonds is 8. The average Bonchev–Trinajstić information content (AvgIpc) is 2.13. The van der Waals surface area contributed by atoms with Gasteiger partial charge in [-0.05, 0) is 13.5 Å². The molecular formula is C9H20FNO2S. The second-order valence-corrected chi connectivity index (χ2v) is 5.64. The van der Waals surface area contributed by atoms with Crippen molar-refractivity contribution in [3.8, 4) is 0 Å². The van der Waals surface area contributed by atoms with Gasteiger partial charge in [0.05, 0.1) is 5.75 Å². The molecule has 1 atom stereocenters. The van der Waals surface area contributed by atoms with Crippen LogP contribution in [0, 0.1) is 0 Å². The van der Waals surface area contributed by atoms with Crippen LogP contribution in [0.3, 0.4) is 0 Å². The number of alkyl halides is 1. The zero-order valence-corrected chi connectivity index (χ0v) is 9.74. The smallest absolute Gasteiger partial charge is 0.213 e. The summed E-state index contributed by atoms with van der Waals surface area (Å²) in [6.45, 7) is 1.93. The van der Waals surface area contributed by atoms with Gasteiger partial charge in [-0.25, -0.2) is 12.8 Å². The molecule has 0 saturated heterocycles. The molecule has 0 aliphatic rings. The second kappa shape index (κ2) is 7.17. The van der Waals surface area contributed by atoms with Crippen molar-refractivity contribution in [3.63, 3.8) is 0 Å². The third-order valence-corrected chi connectivity index (χ3v) is 3.84. The first kappa shape index (κ1) is 13.8. The van der Waals surface area contributed by atoms with E-state index in [1.165, 1.54) is 0 Å².